The van der Waals surface area contributed by atoms with Gasteiger partial charge in [0, 0.05) is 12.1 Å². The molecule has 3 N–H and O–H groups in total. The van der Waals surface area contributed by atoms with Crippen LogP contribution in [0.2, 0.25) is 0 Å². The zero-order valence-corrected chi connectivity index (χ0v) is 14.7. The van der Waals surface area contributed by atoms with Gasteiger partial charge < -0.3 is 20.6 Å². The minimum absolute atomic E-state index is 0.0943. The van der Waals surface area contributed by atoms with Crippen LogP contribution in [0.25, 0.3) is 0 Å². The average molecular weight is 343 g/mol. The summed E-state index contributed by atoms with van der Waals surface area (Å²) in [6.07, 6.45) is 1.22. The number of carbonyl (C=O) groups is 2. The normalized spacial score (nSPS) is 21.0. The van der Waals surface area contributed by atoms with E-state index in [4.69, 9.17) is 5.73 Å². The Morgan fingerprint density at radius 1 is 1.28 bits per heavy atom. The second kappa shape index (κ2) is 6.88. The van der Waals surface area contributed by atoms with Crippen molar-refractivity contribution in [3.05, 3.63) is 47.4 Å². The van der Waals surface area contributed by atoms with Crippen LogP contribution < -0.4 is 5.73 Å². The van der Waals surface area contributed by atoms with Gasteiger partial charge >= 0.3 is 0 Å². The number of aliphatic hydroxyl groups is 1. The van der Waals surface area contributed by atoms with Gasteiger partial charge in [-0.2, -0.15) is 0 Å². The predicted molar refractivity (Wildman–Crippen MR) is 94.7 cm³/mol. The van der Waals surface area contributed by atoms with E-state index in [0.29, 0.717) is 36.6 Å². The Bertz CT molecular complexity index is 699. The maximum absolute atomic E-state index is 12.8. The third kappa shape index (κ3) is 3.26. The van der Waals surface area contributed by atoms with Crippen LogP contribution in [0.1, 0.15) is 37.0 Å². The summed E-state index contributed by atoms with van der Waals surface area (Å²) in [6.45, 7) is 4.66. The van der Waals surface area contributed by atoms with Crippen molar-refractivity contribution < 1.29 is 14.7 Å². The third-order valence-electron chi connectivity index (χ3n) is 4.81. The quantitative estimate of drug-likeness (QED) is 0.874. The molecule has 2 heterocycles. The van der Waals surface area contributed by atoms with Crippen LogP contribution in [0.5, 0.6) is 0 Å². The third-order valence-corrected chi connectivity index (χ3v) is 4.81. The highest BCUT2D eigenvalue weighted by molar-refractivity contribution is 5.95. The minimum Gasteiger partial charge on any atom is -0.509 e. The van der Waals surface area contributed by atoms with Gasteiger partial charge in [0.1, 0.15) is 5.76 Å². The van der Waals surface area contributed by atoms with Crippen LogP contribution in [-0.2, 0) is 4.79 Å². The van der Waals surface area contributed by atoms with Crippen molar-refractivity contribution in [3.63, 3.8) is 0 Å². The zero-order valence-electron chi connectivity index (χ0n) is 14.7. The summed E-state index contributed by atoms with van der Waals surface area (Å²) in [5, 5.41) is 10.4. The van der Waals surface area contributed by atoms with E-state index in [2.05, 4.69) is 0 Å². The number of hydrogen-bond donors (Lipinski definition) is 2. The molecule has 1 fully saturated rings. The van der Waals surface area contributed by atoms with Crippen molar-refractivity contribution in [2.45, 2.75) is 38.8 Å². The first-order valence-electron chi connectivity index (χ1n) is 8.75. The molecule has 0 radical (unpaired) electrons. The van der Waals surface area contributed by atoms with Crippen molar-refractivity contribution in [2.75, 3.05) is 13.1 Å². The molecule has 6 heteroatoms. The Morgan fingerprint density at radius 3 is 2.60 bits per heavy atom. The van der Waals surface area contributed by atoms with Gasteiger partial charge in [0.25, 0.3) is 5.91 Å². The molecule has 1 aromatic rings. The van der Waals surface area contributed by atoms with E-state index in [1.165, 1.54) is 0 Å². The van der Waals surface area contributed by atoms with Gasteiger partial charge in [-0.1, -0.05) is 32.0 Å². The lowest BCUT2D eigenvalue weighted by atomic mass is 10.0. The Hall–Kier alpha value is -2.34. The number of hydrogen-bond acceptors (Lipinski definition) is 4. The lowest BCUT2D eigenvalue weighted by Crippen LogP contribution is -2.43. The summed E-state index contributed by atoms with van der Waals surface area (Å²) in [6, 6.07) is 8.15. The Kier molecular flexibility index (Phi) is 4.81. The number of benzene rings is 1. The highest BCUT2D eigenvalue weighted by Gasteiger charge is 2.45. The molecule has 2 aliphatic rings. The lowest BCUT2D eigenvalue weighted by molar-refractivity contribution is -0.130. The van der Waals surface area contributed by atoms with Gasteiger partial charge in [-0.05, 0) is 30.9 Å². The molecule has 2 amide bonds. The highest BCUT2D eigenvalue weighted by atomic mass is 16.3. The fourth-order valence-corrected chi connectivity index (χ4v) is 3.69. The monoisotopic (exact) mass is 343 g/mol. The molecule has 0 spiro atoms. The fraction of sp³-hybridized carbons (Fsp3) is 0.474. The van der Waals surface area contributed by atoms with Crippen LogP contribution in [0.15, 0.2) is 41.8 Å². The van der Waals surface area contributed by atoms with E-state index in [-0.39, 0.29) is 30.2 Å². The molecular formula is C19H25N3O3. The number of nitrogens with two attached hydrogens (primary N) is 1. The van der Waals surface area contributed by atoms with E-state index in [9.17, 15) is 14.7 Å². The lowest BCUT2D eigenvalue weighted by Gasteiger charge is -2.24. The van der Waals surface area contributed by atoms with Gasteiger partial charge in [-0.3, -0.25) is 9.59 Å². The van der Waals surface area contributed by atoms with Crippen molar-refractivity contribution in [1.29, 1.82) is 0 Å². The van der Waals surface area contributed by atoms with Gasteiger partial charge in [0.15, 0.2) is 0 Å². The number of fused-ring (bicyclic) bond motifs is 1. The summed E-state index contributed by atoms with van der Waals surface area (Å²) in [5.41, 5.74) is 7.17. The fourth-order valence-electron chi connectivity index (χ4n) is 3.69. The molecule has 3 rings (SSSR count). The molecule has 2 atom stereocenters. The van der Waals surface area contributed by atoms with E-state index < -0.39 is 6.04 Å². The zero-order chi connectivity index (χ0) is 18.1. The summed E-state index contributed by atoms with van der Waals surface area (Å²) in [7, 11) is 0. The minimum atomic E-state index is -0.585. The van der Waals surface area contributed by atoms with Crippen LogP contribution in [0.3, 0.4) is 0 Å². The van der Waals surface area contributed by atoms with Crippen LogP contribution in [0.4, 0.5) is 0 Å². The molecule has 2 unspecified atom stereocenters. The number of nitrogens with zero attached hydrogens (tertiary/aromatic N) is 2. The molecule has 6 nitrogen and oxygen atoms in total. The average Bonchev–Trinajstić information content (AvgIpc) is 3.15. The maximum Gasteiger partial charge on any atom is 0.254 e. The molecule has 0 saturated carbocycles. The molecule has 25 heavy (non-hydrogen) atoms. The van der Waals surface area contributed by atoms with Gasteiger partial charge in [0.2, 0.25) is 5.91 Å². The molecule has 0 aromatic heterocycles. The van der Waals surface area contributed by atoms with Gasteiger partial charge in [-0.15, -0.1) is 0 Å². The summed E-state index contributed by atoms with van der Waals surface area (Å²) >= 11 is 0. The second-order valence-corrected chi connectivity index (χ2v) is 7.16. The second-order valence-electron chi connectivity index (χ2n) is 7.16. The first-order valence-corrected chi connectivity index (χ1v) is 8.75. The number of carbonyl (C=O) groups excluding carboxylic acids is 2. The number of likely N-dealkylation sites (tertiary alicyclic amines) is 1. The van der Waals surface area contributed by atoms with Gasteiger partial charge in [-0.25, -0.2) is 0 Å². The SMILES string of the molecule is CC(C)CC(N)C(=O)N1CCC2C1=C(O)CN2C(=O)c1ccccc1. The van der Waals surface area contributed by atoms with Gasteiger partial charge in [0.05, 0.1) is 24.3 Å². The van der Waals surface area contributed by atoms with Crippen LogP contribution in [0, 0.1) is 5.92 Å². The first kappa shape index (κ1) is 17.5. The standard InChI is InChI=1S/C19H25N3O3/c1-12(2)10-14(20)19(25)21-9-8-15-17(21)16(23)11-22(15)18(24)13-6-4-3-5-7-13/h3-7,12,14-15,23H,8-11,20H2,1-2H3. The van der Waals surface area contributed by atoms with E-state index in [1.54, 1.807) is 21.9 Å². The maximum atomic E-state index is 12.8. The van der Waals surface area contributed by atoms with E-state index >= 15 is 0 Å². The van der Waals surface area contributed by atoms with E-state index in [1.807, 2.05) is 32.0 Å². The van der Waals surface area contributed by atoms with Crippen LogP contribution >= 0.6 is 0 Å². The van der Waals surface area contributed by atoms with E-state index in [0.717, 1.165) is 0 Å². The van der Waals surface area contributed by atoms with Crippen LogP contribution in [-0.4, -0.2) is 51.9 Å². The van der Waals surface area contributed by atoms with Crippen molar-refractivity contribution in [2.24, 2.45) is 11.7 Å². The highest BCUT2D eigenvalue weighted by Crippen LogP contribution is 2.35. The van der Waals surface area contributed by atoms with Crippen molar-refractivity contribution in [3.8, 4) is 0 Å². The Morgan fingerprint density at radius 2 is 1.96 bits per heavy atom. The molecule has 1 aromatic carbocycles. The molecule has 0 aliphatic carbocycles. The number of amides is 2. The summed E-state index contributed by atoms with van der Waals surface area (Å²) in [4.78, 5) is 28.6. The molecular weight excluding hydrogens is 318 g/mol. The Labute approximate surface area is 147 Å². The Balaban J connectivity index is 1.77. The predicted octanol–water partition coefficient (Wildman–Crippen LogP) is 1.89. The summed E-state index contributed by atoms with van der Waals surface area (Å²) < 4.78 is 0. The molecule has 0 bridgehead atoms. The molecule has 134 valence electrons. The molecule has 1 saturated heterocycles. The first-order chi connectivity index (χ1) is 11.9. The van der Waals surface area contributed by atoms with Crippen molar-refractivity contribution in [1.82, 2.24) is 9.80 Å². The van der Waals surface area contributed by atoms with Crippen molar-refractivity contribution >= 4 is 11.8 Å². The number of aliphatic hydroxyl groups excluding tert-OH is 1. The largest absolute Gasteiger partial charge is 0.509 e. The number of rotatable bonds is 4. The molecule has 2 aliphatic heterocycles. The topological polar surface area (TPSA) is 86.9 Å². The smallest absolute Gasteiger partial charge is 0.254 e. The summed E-state index contributed by atoms with van der Waals surface area (Å²) in [5.74, 6) is 0.108.